The molecule has 1 aliphatic heterocycles. The van der Waals surface area contributed by atoms with Gasteiger partial charge in [0, 0.05) is 0 Å². The molecule has 8 nitrogen and oxygen atoms in total. The number of imide groups is 2. The highest BCUT2D eigenvalue weighted by atomic mass is 79.9. The van der Waals surface area contributed by atoms with Crippen LogP contribution >= 0.6 is 39.1 Å². The second kappa shape index (κ2) is 11.1. The van der Waals surface area contributed by atoms with Gasteiger partial charge in [-0.05, 0) is 70.0 Å². The van der Waals surface area contributed by atoms with Gasteiger partial charge in [-0.2, -0.15) is 0 Å². The Morgan fingerprint density at radius 1 is 1.05 bits per heavy atom. The lowest BCUT2D eigenvalue weighted by atomic mass is 10.1. The fourth-order valence-electron chi connectivity index (χ4n) is 3.30. The molecule has 1 aliphatic rings. The van der Waals surface area contributed by atoms with Crippen LogP contribution in [-0.4, -0.2) is 30.4 Å². The lowest BCUT2D eigenvalue weighted by Gasteiger charge is -2.26. The maximum absolute atomic E-state index is 13.7. The Morgan fingerprint density at radius 3 is 2.51 bits per heavy atom. The number of nitrogens with one attached hydrogen (secondary N) is 2. The van der Waals surface area contributed by atoms with E-state index in [4.69, 9.17) is 27.9 Å². The summed E-state index contributed by atoms with van der Waals surface area (Å²) >= 11 is 15.2. The molecule has 12 heteroatoms. The average Bonchev–Trinajstić information content (AvgIpc) is 2.84. The molecule has 37 heavy (non-hydrogen) atoms. The number of hydrogen-bond donors (Lipinski definition) is 2. The summed E-state index contributed by atoms with van der Waals surface area (Å²) in [6, 6.07) is 13.6. The molecule has 0 saturated carbocycles. The van der Waals surface area contributed by atoms with E-state index < -0.39 is 36.2 Å². The highest BCUT2D eigenvalue weighted by molar-refractivity contribution is 9.10. The van der Waals surface area contributed by atoms with Gasteiger partial charge >= 0.3 is 6.03 Å². The number of benzene rings is 3. The van der Waals surface area contributed by atoms with Gasteiger partial charge in [0.25, 0.3) is 17.7 Å². The molecule has 1 heterocycles. The van der Waals surface area contributed by atoms with Gasteiger partial charge in [-0.3, -0.25) is 19.7 Å². The molecule has 0 atom stereocenters. The first-order valence-electron chi connectivity index (χ1n) is 10.5. The molecule has 0 aromatic heterocycles. The number of barbiturate groups is 1. The van der Waals surface area contributed by atoms with Crippen molar-refractivity contribution in [3.05, 3.63) is 92.1 Å². The zero-order chi connectivity index (χ0) is 26.7. The lowest BCUT2D eigenvalue weighted by Crippen LogP contribution is -2.54. The van der Waals surface area contributed by atoms with Crippen molar-refractivity contribution in [1.29, 1.82) is 0 Å². The lowest BCUT2D eigenvalue weighted by molar-refractivity contribution is -0.122. The van der Waals surface area contributed by atoms with Crippen LogP contribution in [0.1, 0.15) is 5.56 Å². The average molecular weight is 607 g/mol. The van der Waals surface area contributed by atoms with E-state index in [0.29, 0.717) is 10.0 Å². The molecule has 0 bridgehead atoms. The fraction of sp³-hybridized carbons (Fsp3) is 0.0400. The number of para-hydroxylation sites is 1. The van der Waals surface area contributed by atoms with Crippen LogP contribution in [0.4, 0.5) is 20.6 Å². The first kappa shape index (κ1) is 26.3. The minimum absolute atomic E-state index is 0.0287. The third kappa shape index (κ3) is 5.99. The van der Waals surface area contributed by atoms with Crippen LogP contribution in [0.25, 0.3) is 6.08 Å². The summed E-state index contributed by atoms with van der Waals surface area (Å²) in [5, 5.41) is 4.89. The minimum atomic E-state index is -0.927. The SMILES string of the molecule is O=C(COc1ccc(/C=C2/C(=O)NC(=O)N(c3ccc(Cl)c(Cl)c3)C2=O)cc1Br)Nc1ccccc1F. The zero-order valence-electron chi connectivity index (χ0n) is 18.6. The number of ether oxygens (including phenoxy) is 1. The van der Waals surface area contributed by atoms with Crippen LogP contribution < -0.4 is 20.3 Å². The van der Waals surface area contributed by atoms with Crippen molar-refractivity contribution in [2.45, 2.75) is 0 Å². The largest absolute Gasteiger partial charge is 0.483 e. The summed E-state index contributed by atoms with van der Waals surface area (Å²) in [6.07, 6.45) is 1.30. The number of carbonyl (C=O) groups excluding carboxylic acids is 4. The number of urea groups is 1. The summed E-state index contributed by atoms with van der Waals surface area (Å²) in [5.41, 5.74) is 0.294. The van der Waals surface area contributed by atoms with Crippen molar-refractivity contribution in [1.82, 2.24) is 5.32 Å². The Kier molecular flexibility index (Phi) is 7.91. The molecule has 1 fully saturated rings. The van der Waals surface area contributed by atoms with Crippen LogP contribution in [0.15, 0.2) is 70.7 Å². The number of halogens is 4. The smallest absolute Gasteiger partial charge is 0.335 e. The van der Waals surface area contributed by atoms with Crippen LogP contribution in [0.2, 0.25) is 10.0 Å². The first-order valence-corrected chi connectivity index (χ1v) is 12.0. The number of nitrogens with zero attached hydrogens (tertiary/aromatic N) is 1. The monoisotopic (exact) mass is 605 g/mol. The Hall–Kier alpha value is -3.73. The molecular weight excluding hydrogens is 592 g/mol. The minimum Gasteiger partial charge on any atom is -0.483 e. The van der Waals surface area contributed by atoms with Crippen molar-refractivity contribution >= 4 is 80.3 Å². The van der Waals surface area contributed by atoms with Crippen molar-refractivity contribution < 1.29 is 28.3 Å². The molecule has 4 rings (SSSR count). The van der Waals surface area contributed by atoms with E-state index in [9.17, 15) is 23.6 Å². The predicted octanol–water partition coefficient (Wildman–Crippen LogP) is 5.58. The van der Waals surface area contributed by atoms with E-state index in [-0.39, 0.29) is 32.7 Å². The van der Waals surface area contributed by atoms with E-state index >= 15 is 0 Å². The molecule has 2 N–H and O–H groups in total. The van der Waals surface area contributed by atoms with E-state index in [1.54, 1.807) is 18.2 Å². The van der Waals surface area contributed by atoms with Crippen molar-refractivity contribution in [2.24, 2.45) is 0 Å². The third-order valence-electron chi connectivity index (χ3n) is 5.04. The number of amides is 5. The Bertz CT molecular complexity index is 1480. The summed E-state index contributed by atoms with van der Waals surface area (Å²) in [7, 11) is 0. The maximum atomic E-state index is 13.7. The Labute approximate surface area is 228 Å². The maximum Gasteiger partial charge on any atom is 0.335 e. The summed E-state index contributed by atoms with van der Waals surface area (Å²) in [6.45, 7) is -0.394. The third-order valence-corrected chi connectivity index (χ3v) is 6.40. The van der Waals surface area contributed by atoms with Crippen molar-refractivity contribution in [2.75, 3.05) is 16.8 Å². The highest BCUT2D eigenvalue weighted by Gasteiger charge is 2.37. The molecule has 5 amide bonds. The fourth-order valence-corrected chi connectivity index (χ4v) is 4.10. The topological polar surface area (TPSA) is 105 Å². The predicted molar refractivity (Wildman–Crippen MR) is 140 cm³/mol. The zero-order valence-corrected chi connectivity index (χ0v) is 21.7. The van der Waals surface area contributed by atoms with E-state index in [2.05, 4.69) is 26.6 Å². The molecule has 3 aromatic rings. The molecule has 0 unspecified atom stereocenters. The second-order valence-corrected chi connectivity index (χ2v) is 9.23. The van der Waals surface area contributed by atoms with Crippen molar-refractivity contribution in [3.8, 4) is 5.75 Å². The van der Waals surface area contributed by atoms with Gasteiger partial charge in [0.1, 0.15) is 17.1 Å². The molecule has 188 valence electrons. The van der Waals surface area contributed by atoms with Gasteiger partial charge in [-0.15, -0.1) is 0 Å². The Balaban J connectivity index is 1.49. The molecule has 0 aliphatic carbocycles. The number of rotatable bonds is 6. The van der Waals surface area contributed by atoms with Crippen LogP contribution in [-0.2, 0) is 14.4 Å². The normalized spacial score (nSPS) is 14.5. The van der Waals surface area contributed by atoms with Crippen molar-refractivity contribution in [3.63, 3.8) is 0 Å². The van der Waals surface area contributed by atoms with E-state index in [0.717, 1.165) is 4.90 Å². The molecule has 1 saturated heterocycles. The van der Waals surface area contributed by atoms with Gasteiger partial charge in [0.15, 0.2) is 6.61 Å². The van der Waals surface area contributed by atoms with Crippen LogP contribution in [0, 0.1) is 5.82 Å². The van der Waals surface area contributed by atoms with Crippen LogP contribution in [0.3, 0.4) is 0 Å². The molecular formula is C25H15BrCl2FN3O5. The van der Waals surface area contributed by atoms with Gasteiger partial charge in [0.05, 0.1) is 25.9 Å². The Morgan fingerprint density at radius 2 is 1.81 bits per heavy atom. The molecule has 0 radical (unpaired) electrons. The highest BCUT2D eigenvalue weighted by Crippen LogP contribution is 2.31. The van der Waals surface area contributed by atoms with Gasteiger partial charge in [0.2, 0.25) is 0 Å². The van der Waals surface area contributed by atoms with Gasteiger partial charge < -0.3 is 10.1 Å². The summed E-state index contributed by atoms with van der Waals surface area (Å²) in [5.74, 6) is -2.58. The summed E-state index contributed by atoms with van der Waals surface area (Å²) < 4.78 is 19.6. The quantitative estimate of drug-likeness (QED) is 0.282. The van der Waals surface area contributed by atoms with Gasteiger partial charge in [-0.25, -0.2) is 14.1 Å². The number of carbonyl (C=O) groups is 4. The van der Waals surface area contributed by atoms with E-state index in [1.165, 1.54) is 48.5 Å². The summed E-state index contributed by atoms with van der Waals surface area (Å²) in [4.78, 5) is 50.7. The second-order valence-electron chi connectivity index (χ2n) is 7.56. The number of anilines is 2. The molecule has 3 aromatic carbocycles. The standard InChI is InChI=1S/C25H15BrCl2FN3O5/c26-16-10-13(5-8-21(16)37-12-22(33)30-20-4-2-1-3-19(20)29)9-15-23(34)31-25(36)32(24(15)35)14-6-7-17(27)18(28)11-14/h1-11H,12H2,(H,30,33)(H,31,34,36)/b15-9-. The van der Waals surface area contributed by atoms with E-state index in [1.807, 2.05) is 0 Å². The first-order chi connectivity index (χ1) is 17.6. The van der Waals surface area contributed by atoms with Gasteiger partial charge in [-0.1, -0.05) is 41.4 Å². The van der Waals surface area contributed by atoms with Crippen LogP contribution in [0.5, 0.6) is 5.75 Å². The number of hydrogen-bond acceptors (Lipinski definition) is 5. The molecule has 0 spiro atoms.